The van der Waals surface area contributed by atoms with Crippen LogP contribution in [0.3, 0.4) is 0 Å². The highest BCUT2D eigenvalue weighted by molar-refractivity contribution is 6.16. The first-order valence-corrected chi connectivity index (χ1v) is 7.13. The Morgan fingerprint density at radius 1 is 1.21 bits per heavy atom. The zero-order chi connectivity index (χ0) is 18.1. The van der Waals surface area contributed by atoms with E-state index in [1.807, 2.05) is 5.32 Å². The van der Waals surface area contributed by atoms with E-state index in [1.54, 1.807) is 31.2 Å². The van der Waals surface area contributed by atoms with Gasteiger partial charge in [0.25, 0.3) is 5.91 Å². The maximum atomic E-state index is 11.9. The van der Waals surface area contributed by atoms with Crippen LogP contribution in [0.25, 0.3) is 0 Å². The molecule has 0 heterocycles. The van der Waals surface area contributed by atoms with Gasteiger partial charge in [0.05, 0.1) is 17.9 Å². The monoisotopic (exact) mass is 333 g/mol. The van der Waals surface area contributed by atoms with Crippen LogP contribution >= 0.6 is 0 Å². The van der Waals surface area contributed by atoms with E-state index >= 15 is 0 Å². The van der Waals surface area contributed by atoms with Gasteiger partial charge in [-0.3, -0.25) is 19.9 Å². The minimum atomic E-state index is -0.908. The Morgan fingerprint density at radius 3 is 2.33 bits per heavy atom. The highest BCUT2D eigenvalue weighted by Gasteiger charge is 2.15. The Labute approximate surface area is 139 Å². The number of allylic oxidation sites excluding steroid dienone is 1. The molecule has 0 saturated heterocycles. The normalized spacial score (nSPS) is 11.6. The molecule has 0 radical (unpaired) electrons. The second kappa shape index (κ2) is 9.09. The Hall–Kier alpha value is -3.16. The van der Waals surface area contributed by atoms with E-state index in [1.165, 1.54) is 13.8 Å². The van der Waals surface area contributed by atoms with Gasteiger partial charge in [0.15, 0.2) is 0 Å². The number of benzene rings is 1. The van der Waals surface area contributed by atoms with Gasteiger partial charge in [-0.25, -0.2) is 4.79 Å². The third kappa shape index (κ3) is 6.30. The van der Waals surface area contributed by atoms with Crippen LogP contribution in [0, 0.1) is 0 Å². The molecule has 0 aliphatic heterocycles. The molecule has 24 heavy (non-hydrogen) atoms. The highest BCUT2D eigenvalue weighted by Crippen LogP contribution is 2.16. The van der Waals surface area contributed by atoms with Crippen LogP contribution in [0.2, 0.25) is 0 Å². The minimum Gasteiger partial charge on any atom is -0.512 e. The molecule has 0 saturated carbocycles. The van der Waals surface area contributed by atoms with Gasteiger partial charge in [-0.05, 0) is 38.1 Å². The Kier molecular flexibility index (Phi) is 7.15. The molecule has 0 aliphatic rings. The number of anilines is 1. The molecule has 0 aromatic heterocycles. The lowest BCUT2D eigenvalue weighted by atomic mass is 10.2. The van der Waals surface area contributed by atoms with Crippen molar-refractivity contribution in [1.82, 2.24) is 5.32 Å². The largest absolute Gasteiger partial charge is 0.512 e. The molecule has 8 heteroatoms. The summed E-state index contributed by atoms with van der Waals surface area (Å²) in [6, 6.07) is 6.52. The van der Waals surface area contributed by atoms with Crippen LogP contribution < -0.4 is 10.6 Å². The summed E-state index contributed by atoms with van der Waals surface area (Å²) in [5.41, 5.74) is 0.927. The number of aliphatic hydroxyl groups excluding tert-OH is 1. The molecule has 0 spiro atoms. The fraction of sp³-hybridized carbons (Fsp3) is 0.250. The van der Waals surface area contributed by atoms with Gasteiger partial charge in [0, 0.05) is 18.8 Å². The number of hydrogen-bond donors (Lipinski definition) is 3. The zero-order valence-corrected chi connectivity index (χ0v) is 13.6. The molecule has 0 unspecified atom stereocenters. The van der Waals surface area contributed by atoms with E-state index in [-0.39, 0.29) is 23.8 Å². The lowest BCUT2D eigenvalue weighted by Gasteiger charge is -2.05. The summed E-state index contributed by atoms with van der Waals surface area (Å²) < 4.78 is 4.60. The Bertz CT molecular complexity index is 673. The molecule has 1 rings (SSSR count). The molecule has 0 atom stereocenters. The van der Waals surface area contributed by atoms with Crippen LogP contribution in [0.1, 0.15) is 20.8 Å². The molecule has 0 fully saturated rings. The molecule has 3 amide bonds. The molecular weight excluding hydrogens is 314 g/mol. The fourth-order valence-electron chi connectivity index (χ4n) is 1.62. The first-order chi connectivity index (χ1) is 11.3. The molecule has 0 aliphatic carbocycles. The maximum Gasteiger partial charge on any atom is 0.414 e. The quantitative estimate of drug-likeness (QED) is 0.435. The van der Waals surface area contributed by atoms with Gasteiger partial charge in [0.1, 0.15) is 5.76 Å². The predicted octanol–water partition coefficient (Wildman–Crippen LogP) is 2.45. The van der Waals surface area contributed by atoms with Crippen molar-refractivity contribution in [3.8, 4) is 0 Å². The smallest absolute Gasteiger partial charge is 0.414 e. The van der Waals surface area contributed by atoms with Crippen LogP contribution in [0.15, 0.2) is 40.6 Å². The van der Waals surface area contributed by atoms with E-state index in [0.29, 0.717) is 11.4 Å². The molecule has 8 nitrogen and oxygen atoms in total. The molecule has 1 aromatic carbocycles. The Morgan fingerprint density at radius 2 is 1.83 bits per heavy atom. The predicted molar refractivity (Wildman–Crippen MR) is 89.4 cm³/mol. The summed E-state index contributed by atoms with van der Waals surface area (Å²) >= 11 is 0. The molecular formula is C16H19N3O5. The van der Waals surface area contributed by atoms with E-state index in [0.717, 1.165) is 6.21 Å². The number of alkyl carbamates (subject to hydrolysis) is 1. The lowest BCUT2D eigenvalue weighted by molar-refractivity contribution is -0.116. The van der Waals surface area contributed by atoms with Crippen molar-refractivity contribution in [2.24, 2.45) is 4.99 Å². The summed E-state index contributed by atoms with van der Waals surface area (Å²) in [6.07, 6.45) is 0.228. The number of nitrogens with zero attached hydrogens (tertiary/aromatic N) is 1. The van der Waals surface area contributed by atoms with E-state index < -0.39 is 12.0 Å². The van der Waals surface area contributed by atoms with Crippen LogP contribution in [-0.2, 0) is 14.3 Å². The third-order valence-electron chi connectivity index (χ3n) is 2.66. The number of nitrogens with one attached hydrogen (secondary N) is 2. The summed E-state index contributed by atoms with van der Waals surface area (Å²) in [7, 11) is 0. The number of imide groups is 1. The van der Waals surface area contributed by atoms with Crippen molar-refractivity contribution in [3.63, 3.8) is 0 Å². The second-order valence-corrected chi connectivity index (χ2v) is 4.66. The molecule has 0 bridgehead atoms. The van der Waals surface area contributed by atoms with E-state index in [4.69, 9.17) is 0 Å². The van der Waals surface area contributed by atoms with Gasteiger partial charge in [-0.2, -0.15) is 0 Å². The van der Waals surface area contributed by atoms with Crippen molar-refractivity contribution in [3.05, 3.63) is 35.6 Å². The lowest BCUT2D eigenvalue weighted by Crippen LogP contribution is -2.33. The van der Waals surface area contributed by atoms with Crippen molar-refractivity contribution < 1.29 is 24.2 Å². The number of ether oxygens (including phenoxy) is 1. The molecule has 128 valence electrons. The Balaban J connectivity index is 2.83. The fourth-order valence-corrected chi connectivity index (χ4v) is 1.62. The highest BCUT2D eigenvalue weighted by atomic mass is 16.5. The van der Waals surface area contributed by atoms with Crippen molar-refractivity contribution in [1.29, 1.82) is 0 Å². The van der Waals surface area contributed by atoms with Crippen molar-refractivity contribution in [2.75, 3.05) is 11.9 Å². The van der Waals surface area contributed by atoms with Crippen LogP contribution in [-0.4, -0.2) is 35.8 Å². The van der Waals surface area contributed by atoms with E-state index in [9.17, 15) is 19.5 Å². The average molecular weight is 333 g/mol. The standard InChI is InChI=1S/C16H19N3O5/c1-4-24-16(23)19-15(22)14(10(2)20)9-17-12-5-7-13(8-6-12)18-11(3)21/h5-9,20H,4H2,1-3H3,(H,18,21)(H,19,22,23). The van der Waals surface area contributed by atoms with Gasteiger partial charge >= 0.3 is 6.09 Å². The number of carbonyl (C=O) groups is 3. The number of hydrogen-bond acceptors (Lipinski definition) is 6. The van der Waals surface area contributed by atoms with Crippen molar-refractivity contribution >= 4 is 35.5 Å². The van der Waals surface area contributed by atoms with Crippen LogP contribution in [0.5, 0.6) is 0 Å². The third-order valence-corrected chi connectivity index (χ3v) is 2.66. The molecule has 3 N–H and O–H groups in total. The number of rotatable bonds is 5. The zero-order valence-electron chi connectivity index (χ0n) is 13.6. The summed E-state index contributed by atoms with van der Waals surface area (Å²) in [4.78, 5) is 38.1. The van der Waals surface area contributed by atoms with Gasteiger partial charge in [0.2, 0.25) is 5.91 Å². The number of aliphatic hydroxyl groups is 1. The summed E-state index contributed by atoms with van der Waals surface area (Å²) in [5, 5.41) is 14.2. The molecule has 1 aromatic rings. The number of amides is 3. The number of aliphatic imine (C=N–C) groups is 1. The number of carbonyl (C=O) groups excluding carboxylic acids is 3. The summed E-state index contributed by atoms with van der Waals surface area (Å²) in [5.74, 6) is -1.31. The SMILES string of the molecule is CCOC(=O)NC(=O)C(C=Nc1ccc(NC(C)=O)cc1)=C(C)O. The first-order valence-electron chi connectivity index (χ1n) is 7.13. The maximum absolute atomic E-state index is 11.9. The van der Waals surface area contributed by atoms with Gasteiger partial charge < -0.3 is 15.2 Å². The van der Waals surface area contributed by atoms with Crippen molar-refractivity contribution in [2.45, 2.75) is 20.8 Å². The van der Waals surface area contributed by atoms with Crippen LogP contribution in [0.4, 0.5) is 16.2 Å². The van der Waals surface area contributed by atoms with Gasteiger partial charge in [-0.15, -0.1) is 0 Å². The first kappa shape index (κ1) is 18.9. The van der Waals surface area contributed by atoms with Gasteiger partial charge in [-0.1, -0.05) is 0 Å². The minimum absolute atomic E-state index is 0.116. The average Bonchev–Trinajstić information content (AvgIpc) is 2.48. The summed E-state index contributed by atoms with van der Waals surface area (Å²) in [6.45, 7) is 4.41. The van der Waals surface area contributed by atoms with E-state index in [2.05, 4.69) is 15.0 Å². The topological polar surface area (TPSA) is 117 Å². The second-order valence-electron chi connectivity index (χ2n) is 4.66.